The van der Waals surface area contributed by atoms with Crippen LogP contribution in [0.15, 0.2) is 35.2 Å². The lowest BCUT2D eigenvalue weighted by Gasteiger charge is -1.99. The van der Waals surface area contributed by atoms with Gasteiger partial charge in [-0.25, -0.2) is 4.79 Å². The van der Waals surface area contributed by atoms with E-state index in [1.807, 2.05) is 0 Å². The molecule has 0 bridgehead atoms. The molecule has 0 amide bonds. The predicted octanol–water partition coefficient (Wildman–Crippen LogP) is 1.52. The topological polar surface area (TPSA) is 65.2 Å². The standard InChI is InChI=1S/C10H8N2O3/c1-14-10(13)8-4-2-7(3-5-8)9-11-6-15-12-9/h2-6H,1H3. The molecule has 1 heterocycles. The van der Waals surface area contributed by atoms with Crippen molar-refractivity contribution in [1.82, 2.24) is 10.1 Å². The molecule has 1 aromatic carbocycles. The summed E-state index contributed by atoms with van der Waals surface area (Å²) in [6.45, 7) is 0. The number of ether oxygens (including phenoxy) is 1. The van der Waals surface area contributed by atoms with Gasteiger partial charge in [-0.2, -0.15) is 4.98 Å². The second-order valence-corrected chi connectivity index (χ2v) is 2.82. The van der Waals surface area contributed by atoms with Crippen LogP contribution in [0.2, 0.25) is 0 Å². The van der Waals surface area contributed by atoms with Gasteiger partial charge in [-0.15, -0.1) is 0 Å². The number of carbonyl (C=O) groups excluding carboxylic acids is 1. The minimum atomic E-state index is -0.366. The van der Waals surface area contributed by atoms with E-state index in [1.165, 1.54) is 13.5 Å². The number of rotatable bonds is 2. The third kappa shape index (κ3) is 1.85. The van der Waals surface area contributed by atoms with Crippen LogP contribution < -0.4 is 0 Å². The molecule has 1 aromatic heterocycles. The van der Waals surface area contributed by atoms with Crippen LogP contribution in [0.5, 0.6) is 0 Å². The van der Waals surface area contributed by atoms with Crippen molar-refractivity contribution in [2.24, 2.45) is 0 Å². The first-order valence-electron chi connectivity index (χ1n) is 4.26. The van der Waals surface area contributed by atoms with E-state index < -0.39 is 0 Å². The van der Waals surface area contributed by atoms with Gasteiger partial charge in [-0.3, -0.25) is 0 Å². The van der Waals surface area contributed by atoms with Gasteiger partial charge in [0.1, 0.15) is 0 Å². The third-order valence-electron chi connectivity index (χ3n) is 1.93. The molecule has 5 heteroatoms. The number of aromatic nitrogens is 2. The highest BCUT2D eigenvalue weighted by Crippen LogP contribution is 2.15. The Balaban J connectivity index is 2.29. The highest BCUT2D eigenvalue weighted by molar-refractivity contribution is 5.89. The molecule has 0 aliphatic carbocycles. The number of esters is 1. The predicted molar refractivity (Wildman–Crippen MR) is 51.1 cm³/mol. The molecule has 2 aromatic rings. The molecule has 0 atom stereocenters. The van der Waals surface area contributed by atoms with Crippen LogP contribution in [0.3, 0.4) is 0 Å². The highest BCUT2D eigenvalue weighted by atomic mass is 16.5. The summed E-state index contributed by atoms with van der Waals surface area (Å²) in [4.78, 5) is 15.0. The van der Waals surface area contributed by atoms with E-state index in [4.69, 9.17) is 0 Å². The first kappa shape index (κ1) is 9.39. The smallest absolute Gasteiger partial charge is 0.337 e. The average Bonchev–Trinajstić information content (AvgIpc) is 2.82. The molecule has 0 radical (unpaired) electrons. The zero-order valence-electron chi connectivity index (χ0n) is 8.01. The third-order valence-corrected chi connectivity index (χ3v) is 1.93. The van der Waals surface area contributed by atoms with Crippen molar-refractivity contribution in [2.45, 2.75) is 0 Å². The van der Waals surface area contributed by atoms with Crippen molar-refractivity contribution >= 4 is 5.97 Å². The van der Waals surface area contributed by atoms with Crippen LogP contribution in [0.4, 0.5) is 0 Å². The van der Waals surface area contributed by atoms with Gasteiger partial charge in [0.25, 0.3) is 0 Å². The van der Waals surface area contributed by atoms with Gasteiger partial charge in [0.15, 0.2) is 0 Å². The Morgan fingerprint density at radius 3 is 2.60 bits per heavy atom. The summed E-state index contributed by atoms with van der Waals surface area (Å²) in [6, 6.07) is 6.77. The van der Waals surface area contributed by atoms with E-state index >= 15 is 0 Å². The van der Waals surface area contributed by atoms with Gasteiger partial charge in [-0.05, 0) is 12.1 Å². The molecule has 0 saturated carbocycles. The first-order valence-corrected chi connectivity index (χ1v) is 4.26. The van der Waals surface area contributed by atoms with Crippen LogP contribution in [-0.4, -0.2) is 23.2 Å². The normalized spacial score (nSPS) is 9.93. The second kappa shape index (κ2) is 3.91. The van der Waals surface area contributed by atoms with Crippen LogP contribution >= 0.6 is 0 Å². The fourth-order valence-electron chi connectivity index (χ4n) is 1.17. The minimum Gasteiger partial charge on any atom is -0.465 e. The van der Waals surface area contributed by atoms with Crippen molar-refractivity contribution in [3.05, 3.63) is 36.2 Å². The number of hydrogen-bond donors (Lipinski definition) is 0. The first-order chi connectivity index (χ1) is 7.31. The number of methoxy groups -OCH3 is 1. The molecule has 0 aliphatic rings. The van der Waals surface area contributed by atoms with Crippen LogP contribution in [0.25, 0.3) is 11.4 Å². The molecule has 0 saturated heterocycles. The molecular weight excluding hydrogens is 196 g/mol. The molecule has 0 aliphatic heterocycles. The average molecular weight is 204 g/mol. The maximum atomic E-state index is 11.1. The second-order valence-electron chi connectivity index (χ2n) is 2.82. The van der Waals surface area contributed by atoms with Gasteiger partial charge in [0.2, 0.25) is 12.2 Å². The van der Waals surface area contributed by atoms with Crippen molar-refractivity contribution in [2.75, 3.05) is 7.11 Å². The van der Waals surface area contributed by atoms with E-state index in [9.17, 15) is 4.79 Å². The van der Waals surface area contributed by atoms with E-state index in [0.717, 1.165) is 5.56 Å². The van der Waals surface area contributed by atoms with Crippen molar-refractivity contribution in [3.8, 4) is 11.4 Å². The minimum absolute atomic E-state index is 0.366. The zero-order valence-corrected chi connectivity index (χ0v) is 8.01. The maximum Gasteiger partial charge on any atom is 0.337 e. The van der Waals surface area contributed by atoms with Gasteiger partial charge in [0.05, 0.1) is 12.7 Å². The number of benzene rings is 1. The molecule has 2 rings (SSSR count). The van der Waals surface area contributed by atoms with Crippen molar-refractivity contribution in [1.29, 1.82) is 0 Å². The Bertz CT molecular complexity index is 448. The van der Waals surface area contributed by atoms with Gasteiger partial charge in [0, 0.05) is 5.56 Å². The summed E-state index contributed by atoms with van der Waals surface area (Å²) < 4.78 is 9.19. The molecule has 15 heavy (non-hydrogen) atoms. The van der Waals surface area contributed by atoms with Gasteiger partial charge in [-0.1, -0.05) is 17.3 Å². The largest absolute Gasteiger partial charge is 0.465 e. The van der Waals surface area contributed by atoms with Crippen molar-refractivity contribution in [3.63, 3.8) is 0 Å². The lowest BCUT2D eigenvalue weighted by atomic mass is 10.1. The fraction of sp³-hybridized carbons (Fsp3) is 0.100. The Morgan fingerprint density at radius 2 is 2.07 bits per heavy atom. The summed E-state index contributed by atoms with van der Waals surface area (Å²) in [7, 11) is 1.34. The Kier molecular flexibility index (Phi) is 2.45. The summed E-state index contributed by atoms with van der Waals surface area (Å²) in [5.74, 6) is 0.126. The van der Waals surface area contributed by atoms with E-state index in [-0.39, 0.29) is 5.97 Å². The van der Waals surface area contributed by atoms with Crippen LogP contribution in [0, 0.1) is 0 Å². The SMILES string of the molecule is COC(=O)c1ccc(-c2ncon2)cc1. The Morgan fingerprint density at radius 1 is 1.33 bits per heavy atom. The summed E-state index contributed by atoms with van der Waals surface area (Å²) in [5, 5.41) is 3.68. The molecule has 76 valence electrons. The lowest BCUT2D eigenvalue weighted by molar-refractivity contribution is 0.0601. The zero-order chi connectivity index (χ0) is 10.7. The molecular formula is C10H8N2O3. The Labute approximate surface area is 85.7 Å². The number of nitrogens with zero attached hydrogens (tertiary/aromatic N) is 2. The summed E-state index contributed by atoms with van der Waals surface area (Å²) in [6.07, 6.45) is 1.25. The highest BCUT2D eigenvalue weighted by Gasteiger charge is 2.06. The number of carbonyl (C=O) groups is 1. The van der Waals surface area contributed by atoms with Crippen LogP contribution in [0.1, 0.15) is 10.4 Å². The molecule has 0 unspecified atom stereocenters. The van der Waals surface area contributed by atoms with Gasteiger partial charge >= 0.3 is 5.97 Å². The summed E-state index contributed by atoms with van der Waals surface area (Å²) >= 11 is 0. The molecule has 0 fully saturated rings. The summed E-state index contributed by atoms with van der Waals surface area (Å²) in [5.41, 5.74) is 1.28. The fourth-order valence-corrected chi connectivity index (χ4v) is 1.17. The van der Waals surface area contributed by atoms with Crippen LogP contribution in [-0.2, 0) is 4.74 Å². The monoisotopic (exact) mass is 204 g/mol. The van der Waals surface area contributed by atoms with E-state index in [2.05, 4.69) is 19.4 Å². The van der Waals surface area contributed by atoms with Gasteiger partial charge < -0.3 is 9.26 Å². The van der Waals surface area contributed by atoms with E-state index in [0.29, 0.717) is 11.4 Å². The maximum absolute atomic E-state index is 11.1. The molecule has 0 spiro atoms. The molecule has 0 N–H and O–H groups in total. The lowest BCUT2D eigenvalue weighted by Crippen LogP contribution is -2.00. The van der Waals surface area contributed by atoms with Crippen molar-refractivity contribution < 1.29 is 14.1 Å². The van der Waals surface area contributed by atoms with E-state index in [1.54, 1.807) is 24.3 Å². The quantitative estimate of drug-likeness (QED) is 0.694. The molecule has 5 nitrogen and oxygen atoms in total. The Hall–Kier alpha value is -2.17. The number of hydrogen-bond acceptors (Lipinski definition) is 5.